The molecular weight excluding hydrogens is 454 g/mol. The van der Waals surface area contributed by atoms with Gasteiger partial charge in [-0.1, -0.05) is 53.6 Å². The molecular formula is C24H19N5O4S. The van der Waals surface area contributed by atoms with Gasteiger partial charge in [-0.05, 0) is 30.3 Å². The number of nitrogens with one attached hydrogen (secondary N) is 2. The van der Waals surface area contributed by atoms with Gasteiger partial charge in [-0.3, -0.25) is 4.79 Å². The first kappa shape index (κ1) is 21.5. The van der Waals surface area contributed by atoms with E-state index in [1.54, 1.807) is 12.1 Å². The van der Waals surface area contributed by atoms with Crippen LogP contribution in [0.15, 0.2) is 93.2 Å². The predicted molar refractivity (Wildman–Crippen MR) is 127 cm³/mol. The summed E-state index contributed by atoms with van der Waals surface area (Å²) in [5.41, 5.74) is 3.48. The lowest BCUT2D eigenvalue weighted by atomic mass is 10.0. The Morgan fingerprint density at radius 1 is 0.882 bits per heavy atom. The number of benzodiazepines with no additional fused rings is 1. The zero-order valence-corrected chi connectivity index (χ0v) is 18.8. The van der Waals surface area contributed by atoms with Crippen LogP contribution < -0.4 is 10.6 Å². The van der Waals surface area contributed by atoms with Gasteiger partial charge < -0.3 is 15.1 Å². The van der Waals surface area contributed by atoms with Crippen LogP contribution in [0.25, 0.3) is 11.5 Å². The maximum Gasteiger partial charge on any atom is 0.317 e. The summed E-state index contributed by atoms with van der Waals surface area (Å²) >= 11 is 0. The fourth-order valence-electron chi connectivity index (χ4n) is 3.54. The molecule has 1 aromatic heterocycles. The van der Waals surface area contributed by atoms with E-state index in [2.05, 4.69) is 25.8 Å². The van der Waals surface area contributed by atoms with Gasteiger partial charge in [0, 0.05) is 22.9 Å². The minimum atomic E-state index is -3.31. The van der Waals surface area contributed by atoms with E-state index in [-0.39, 0.29) is 22.7 Å². The number of carbonyl (C=O) groups excluding carboxylic acids is 1. The lowest BCUT2D eigenvalue weighted by Gasteiger charge is -2.11. The molecule has 0 saturated heterocycles. The zero-order valence-electron chi connectivity index (χ0n) is 18.0. The summed E-state index contributed by atoms with van der Waals surface area (Å²) in [6, 6.07) is 23.1. The van der Waals surface area contributed by atoms with Gasteiger partial charge in [0.1, 0.15) is 0 Å². The number of aromatic nitrogens is 2. The van der Waals surface area contributed by atoms with Crippen molar-refractivity contribution in [3.05, 3.63) is 90.0 Å². The fraction of sp³-hybridized carbons (Fsp3) is 0.0833. The molecule has 0 fully saturated rings. The van der Waals surface area contributed by atoms with Gasteiger partial charge in [0.2, 0.25) is 12.1 Å². The number of rotatable bonds is 5. The predicted octanol–water partition coefficient (Wildman–Crippen LogP) is 3.37. The van der Waals surface area contributed by atoms with Gasteiger partial charge in [0.15, 0.2) is 9.84 Å². The lowest BCUT2D eigenvalue weighted by Crippen LogP contribution is -2.32. The number of amides is 1. The van der Waals surface area contributed by atoms with E-state index in [0.29, 0.717) is 17.0 Å². The molecule has 1 amide bonds. The molecule has 1 atom stereocenters. The highest BCUT2D eigenvalue weighted by molar-refractivity contribution is 7.90. The fourth-order valence-corrected chi connectivity index (χ4v) is 4.17. The number of anilines is 2. The summed E-state index contributed by atoms with van der Waals surface area (Å²) in [4.78, 5) is 17.8. The average Bonchev–Trinajstić information content (AvgIpc) is 3.25. The number of para-hydroxylation sites is 1. The molecule has 0 aliphatic carbocycles. The van der Waals surface area contributed by atoms with Gasteiger partial charge in [-0.2, -0.15) is 0 Å². The smallest absolute Gasteiger partial charge is 0.317 e. The highest BCUT2D eigenvalue weighted by atomic mass is 32.2. The summed E-state index contributed by atoms with van der Waals surface area (Å²) in [5, 5.41) is 13.8. The third-order valence-corrected chi connectivity index (χ3v) is 6.34. The van der Waals surface area contributed by atoms with Crippen molar-refractivity contribution in [2.75, 3.05) is 16.9 Å². The summed E-state index contributed by atoms with van der Waals surface area (Å²) < 4.78 is 29.0. The number of aliphatic imine (C=N–C) groups is 1. The number of nitrogens with zero attached hydrogens (tertiary/aromatic N) is 3. The normalized spacial score (nSPS) is 15.6. The second-order valence-corrected chi connectivity index (χ2v) is 9.65. The Bertz CT molecular complexity index is 1500. The Balaban J connectivity index is 1.45. The second kappa shape index (κ2) is 8.56. The van der Waals surface area contributed by atoms with Crippen LogP contribution in [0, 0.1) is 0 Å². The van der Waals surface area contributed by atoms with Gasteiger partial charge in [-0.15, -0.1) is 5.10 Å². The minimum absolute atomic E-state index is 0.00413. The lowest BCUT2D eigenvalue weighted by molar-refractivity contribution is -0.116. The first-order valence-electron chi connectivity index (χ1n) is 10.3. The standard InChI is InChI=1S/C24H19N5O4S/c1-34(31,32)17-13-11-16(12-14-17)23-28-29-24(33-23)27-21-22(30)25-19-10-6-5-9-18(19)20(26-21)15-7-3-2-4-8-15/h2-14,21H,1H3,(H,25,30)(H,27,29). The van der Waals surface area contributed by atoms with E-state index in [1.165, 1.54) is 12.1 Å². The maximum absolute atomic E-state index is 12.9. The molecule has 0 spiro atoms. The van der Waals surface area contributed by atoms with Crippen molar-refractivity contribution in [3.63, 3.8) is 0 Å². The summed E-state index contributed by atoms with van der Waals surface area (Å²) in [6.07, 6.45) is 0.111. The quantitative estimate of drug-likeness (QED) is 0.455. The van der Waals surface area contributed by atoms with E-state index in [1.807, 2.05) is 54.6 Å². The molecule has 0 radical (unpaired) electrons. The van der Waals surface area contributed by atoms with E-state index < -0.39 is 16.0 Å². The SMILES string of the molecule is CS(=O)(=O)c1ccc(-c2nnc(NC3N=C(c4ccccc4)c4ccccc4NC3=O)o2)cc1. The van der Waals surface area contributed by atoms with Crippen molar-refractivity contribution in [1.82, 2.24) is 10.2 Å². The maximum atomic E-state index is 12.9. The van der Waals surface area contributed by atoms with Crippen LogP contribution in [0.4, 0.5) is 11.7 Å². The molecule has 0 bridgehead atoms. The van der Waals surface area contributed by atoms with E-state index in [4.69, 9.17) is 4.42 Å². The molecule has 1 unspecified atom stereocenters. The topological polar surface area (TPSA) is 127 Å². The van der Waals surface area contributed by atoms with Crippen molar-refractivity contribution in [3.8, 4) is 11.5 Å². The first-order chi connectivity index (χ1) is 16.4. The second-order valence-electron chi connectivity index (χ2n) is 7.63. The highest BCUT2D eigenvalue weighted by Gasteiger charge is 2.27. The van der Waals surface area contributed by atoms with Crippen molar-refractivity contribution in [2.45, 2.75) is 11.1 Å². The molecule has 34 heavy (non-hydrogen) atoms. The number of hydrogen-bond acceptors (Lipinski definition) is 8. The van der Waals surface area contributed by atoms with Crippen molar-refractivity contribution in [1.29, 1.82) is 0 Å². The van der Waals surface area contributed by atoms with Gasteiger partial charge >= 0.3 is 6.01 Å². The minimum Gasteiger partial charge on any atom is -0.403 e. The number of fused-ring (bicyclic) bond motifs is 1. The van der Waals surface area contributed by atoms with Crippen LogP contribution in [-0.4, -0.2) is 42.7 Å². The number of hydrogen-bond donors (Lipinski definition) is 2. The van der Waals surface area contributed by atoms with E-state index >= 15 is 0 Å². The van der Waals surface area contributed by atoms with Crippen LogP contribution in [0.1, 0.15) is 11.1 Å². The Labute approximate surface area is 195 Å². The molecule has 0 saturated carbocycles. The third-order valence-electron chi connectivity index (χ3n) is 5.21. The van der Waals surface area contributed by atoms with Crippen molar-refractivity contribution >= 4 is 33.2 Å². The van der Waals surface area contributed by atoms with Crippen LogP contribution in [0.2, 0.25) is 0 Å². The van der Waals surface area contributed by atoms with Crippen molar-refractivity contribution in [2.24, 2.45) is 4.99 Å². The molecule has 1 aliphatic rings. The molecule has 3 aromatic carbocycles. The molecule has 5 rings (SSSR count). The average molecular weight is 474 g/mol. The van der Waals surface area contributed by atoms with Gasteiger partial charge in [0.25, 0.3) is 5.91 Å². The molecule has 9 nitrogen and oxygen atoms in total. The summed E-state index contributed by atoms with van der Waals surface area (Å²) in [5.74, 6) is -0.206. The van der Waals surface area contributed by atoms with Crippen LogP contribution in [0.5, 0.6) is 0 Å². The van der Waals surface area contributed by atoms with Crippen molar-refractivity contribution < 1.29 is 17.6 Å². The Morgan fingerprint density at radius 3 is 2.32 bits per heavy atom. The number of carbonyl (C=O) groups is 1. The molecule has 1 aliphatic heterocycles. The molecule has 2 N–H and O–H groups in total. The van der Waals surface area contributed by atoms with E-state index in [0.717, 1.165) is 17.4 Å². The third kappa shape index (κ3) is 4.30. The monoisotopic (exact) mass is 473 g/mol. The molecule has 4 aromatic rings. The van der Waals surface area contributed by atoms with Gasteiger partial charge in [-0.25, -0.2) is 13.4 Å². The van der Waals surface area contributed by atoms with Crippen LogP contribution in [-0.2, 0) is 14.6 Å². The summed E-state index contributed by atoms with van der Waals surface area (Å²) in [7, 11) is -3.31. The Morgan fingerprint density at radius 2 is 1.59 bits per heavy atom. The highest BCUT2D eigenvalue weighted by Crippen LogP contribution is 2.26. The number of benzene rings is 3. The number of sulfone groups is 1. The Hall–Kier alpha value is -4.31. The van der Waals surface area contributed by atoms with Crippen LogP contribution >= 0.6 is 0 Å². The first-order valence-corrected chi connectivity index (χ1v) is 12.2. The van der Waals surface area contributed by atoms with E-state index in [9.17, 15) is 13.2 Å². The molecule has 2 heterocycles. The largest absolute Gasteiger partial charge is 0.403 e. The van der Waals surface area contributed by atoms with Gasteiger partial charge in [0.05, 0.1) is 16.3 Å². The van der Waals surface area contributed by atoms with Crippen LogP contribution in [0.3, 0.4) is 0 Å². The Kier molecular flexibility index (Phi) is 5.42. The molecule has 170 valence electrons. The zero-order chi connectivity index (χ0) is 23.7. The molecule has 10 heteroatoms. The summed E-state index contributed by atoms with van der Waals surface area (Å²) in [6.45, 7) is 0.